The van der Waals surface area contributed by atoms with E-state index in [2.05, 4.69) is 25.1 Å². The number of unbranched alkanes of at least 4 members (excludes halogenated alkanes) is 17. The third-order valence-corrected chi connectivity index (χ3v) is 7.62. The largest absolute Gasteiger partial charge is 0.494 e. The average Bonchev–Trinajstić information content (AvgIpc) is 2.91. The van der Waals surface area contributed by atoms with Gasteiger partial charge in [-0.15, -0.1) is 0 Å². The molecule has 0 heterocycles. The zero-order valence-corrected chi connectivity index (χ0v) is 25.0. The summed E-state index contributed by atoms with van der Waals surface area (Å²) in [5, 5.41) is 17.5. The van der Waals surface area contributed by atoms with Gasteiger partial charge < -0.3 is 14.9 Å². The quantitative estimate of drug-likeness (QED) is 0.102. The van der Waals surface area contributed by atoms with E-state index in [9.17, 15) is 9.59 Å². The lowest BCUT2D eigenvalue weighted by molar-refractivity contribution is -0.138. The van der Waals surface area contributed by atoms with Crippen LogP contribution in [-0.2, 0) is 22.4 Å². The summed E-state index contributed by atoms with van der Waals surface area (Å²) in [7, 11) is 0. The van der Waals surface area contributed by atoms with Crippen LogP contribution in [0.4, 0.5) is 0 Å². The summed E-state index contributed by atoms with van der Waals surface area (Å²) in [5.41, 5.74) is 2.92. The highest BCUT2D eigenvalue weighted by Gasteiger charge is 2.07. The molecule has 0 radical (unpaired) electrons. The van der Waals surface area contributed by atoms with Gasteiger partial charge in [0, 0.05) is 12.8 Å². The highest BCUT2D eigenvalue weighted by molar-refractivity contribution is 5.66. The van der Waals surface area contributed by atoms with Crippen molar-refractivity contribution in [3.8, 4) is 5.75 Å². The summed E-state index contributed by atoms with van der Waals surface area (Å²) in [6, 6.07) is 6.75. The fourth-order valence-electron chi connectivity index (χ4n) is 5.19. The van der Waals surface area contributed by atoms with E-state index in [1.807, 2.05) is 0 Å². The molecular weight excluding hydrogens is 488 g/mol. The van der Waals surface area contributed by atoms with Crippen LogP contribution in [0, 0.1) is 0 Å². The van der Waals surface area contributed by atoms with Crippen molar-refractivity contribution in [2.45, 2.75) is 161 Å². The van der Waals surface area contributed by atoms with Gasteiger partial charge in [0.15, 0.2) is 0 Å². The topological polar surface area (TPSA) is 83.8 Å². The van der Waals surface area contributed by atoms with Crippen molar-refractivity contribution in [3.63, 3.8) is 0 Å². The van der Waals surface area contributed by atoms with Crippen LogP contribution in [0.15, 0.2) is 18.2 Å². The Hall–Kier alpha value is -2.04. The van der Waals surface area contributed by atoms with Crippen molar-refractivity contribution in [1.29, 1.82) is 0 Å². The minimum absolute atomic E-state index is 0.298. The number of hydrogen-bond acceptors (Lipinski definition) is 3. The Kier molecular flexibility index (Phi) is 22.4. The number of carboxylic acids is 2. The van der Waals surface area contributed by atoms with Gasteiger partial charge in [-0.3, -0.25) is 9.59 Å². The van der Waals surface area contributed by atoms with E-state index in [0.29, 0.717) is 12.8 Å². The maximum Gasteiger partial charge on any atom is 0.303 e. The zero-order chi connectivity index (χ0) is 28.4. The summed E-state index contributed by atoms with van der Waals surface area (Å²) in [6.45, 7) is 3.06. The molecule has 0 fully saturated rings. The summed E-state index contributed by atoms with van der Waals surface area (Å²) >= 11 is 0. The predicted octanol–water partition coefficient (Wildman–Crippen LogP) is 9.92. The third-order valence-electron chi connectivity index (χ3n) is 7.62. The second-order valence-electron chi connectivity index (χ2n) is 11.3. The van der Waals surface area contributed by atoms with E-state index in [1.54, 1.807) is 0 Å². The fourth-order valence-corrected chi connectivity index (χ4v) is 5.19. The van der Waals surface area contributed by atoms with Crippen molar-refractivity contribution < 1.29 is 24.5 Å². The molecule has 0 spiro atoms. The molecule has 0 bridgehead atoms. The number of aliphatic carboxylic acids is 2. The van der Waals surface area contributed by atoms with Crippen molar-refractivity contribution in [2.24, 2.45) is 0 Å². The van der Waals surface area contributed by atoms with Crippen molar-refractivity contribution >= 4 is 11.9 Å². The Morgan fingerprint density at radius 1 is 0.564 bits per heavy atom. The van der Waals surface area contributed by atoms with E-state index in [-0.39, 0.29) is 0 Å². The van der Waals surface area contributed by atoms with Gasteiger partial charge in [-0.05, 0) is 68.2 Å². The fraction of sp³-hybridized carbons (Fsp3) is 0.765. The summed E-state index contributed by atoms with van der Waals surface area (Å²) in [4.78, 5) is 21.2. The minimum Gasteiger partial charge on any atom is -0.494 e. The average molecular weight is 547 g/mol. The first-order valence-electron chi connectivity index (χ1n) is 16.2. The lowest BCUT2D eigenvalue weighted by Crippen LogP contribution is -2.01. The highest BCUT2D eigenvalue weighted by atomic mass is 16.5. The number of ether oxygens (including phenoxy) is 1. The molecule has 0 saturated carbocycles. The molecule has 1 aromatic rings. The minimum atomic E-state index is -0.683. The maximum atomic E-state index is 10.6. The Bertz CT molecular complexity index is 745. The summed E-state index contributed by atoms with van der Waals surface area (Å²) < 4.78 is 6.13. The van der Waals surface area contributed by atoms with Gasteiger partial charge in [0.2, 0.25) is 0 Å². The number of carboxylic acid groups (broad SMARTS) is 2. The summed E-state index contributed by atoms with van der Waals surface area (Å²) in [5.74, 6) is -0.350. The molecule has 0 aliphatic rings. The molecule has 2 N–H and O–H groups in total. The van der Waals surface area contributed by atoms with Gasteiger partial charge in [-0.2, -0.15) is 0 Å². The van der Waals surface area contributed by atoms with Crippen LogP contribution in [0.2, 0.25) is 0 Å². The van der Waals surface area contributed by atoms with Crippen LogP contribution in [0.3, 0.4) is 0 Å². The molecule has 0 aliphatic carbocycles. The van der Waals surface area contributed by atoms with Gasteiger partial charge in [0.1, 0.15) is 5.75 Å². The molecule has 1 aromatic carbocycles. The Morgan fingerprint density at radius 3 is 1.51 bits per heavy atom. The molecule has 0 saturated heterocycles. The first-order valence-corrected chi connectivity index (χ1v) is 16.2. The Balaban J connectivity index is 2.40. The van der Waals surface area contributed by atoms with Gasteiger partial charge in [-0.25, -0.2) is 0 Å². The van der Waals surface area contributed by atoms with Gasteiger partial charge in [0.25, 0.3) is 0 Å². The van der Waals surface area contributed by atoms with E-state index < -0.39 is 11.9 Å². The molecule has 0 unspecified atom stereocenters. The maximum absolute atomic E-state index is 10.6. The molecule has 224 valence electrons. The van der Waals surface area contributed by atoms with Crippen LogP contribution in [-0.4, -0.2) is 28.8 Å². The van der Waals surface area contributed by atoms with Crippen LogP contribution >= 0.6 is 0 Å². The number of benzene rings is 1. The zero-order valence-electron chi connectivity index (χ0n) is 25.0. The first-order chi connectivity index (χ1) is 19.0. The molecule has 5 nitrogen and oxygen atoms in total. The second kappa shape index (κ2) is 25.0. The van der Waals surface area contributed by atoms with Crippen LogP contribution in [0.5, 0.6) is 5.75 Å². The smallest absolute Gasteiger partial charge is 0.303 e. The van der Waals surface area contributed by atoms with E-state index in [1.165, 1.54) is 94.6 Å². The van der Waals surface area contributed by atoms with E-state index >= 15 is 0 Å². The molecule has 0 aromatic heterocycles. The number of hydrogen-bond donors (Lipinski definition) is 2. The summed E-state index contributed by atoms with van der Waals surface area (Å²) in [6.07, 6.45) is 26.1. The molecule has 1 rings (SSSR count). The number of carbonyl (C=O) groups is 2. The number of aryl methyl sites for hydroxylation is 2. The molecule has 39 heavy (non-hydrogen) atoms. The Labute approximate surface area is 239 Å². The third kappa shape index (κ3) is 21.5. The predicted molar refractivity (Wildman–Crippen MR) is 162 cm³/mol. The van der Waals surface area contributed by atoms with Gasteiger partial charge in [-0.1, -0.05) is 109 Å². The lowest BCUT2D eigenvalue weighted by atomic mass is 9.96. The lowest BCUT2D eigenvalue weighted by Gasteiger charge is -2.13. The van der Waals surface area contributed by atoms with Crippen molar-refractivity contribution in [1.82, 2.24) is 0 Å². The standard InChI is InChI=1S/C34H58O5/c1-2-3-4-5-16-21-28-39-32-27-26-30(22-17-12-8-6-10-14-19-24-33(35)36)31(29-32)23-18-13-9-7-11-15-20-25-34(37)38/h26-27,29H,2-25,28H2,1H3,(H,35,36)(H,37,38). The molecular formula is C34H58O5. The van der Waals surface area contributed by atoms with Crippen molar-refractivity contribution in [2.75, 3.05) is 6.61 Å². The molecule has 0 aliphatic heterocycles. The van der Waals surface area contributed by atoms with Crippen molar-refractivity contribution in [3.05, 3.63) is 29.3 Å². The van der Waals surface area contributed by atoms with Gasteiger partial charge >= 0.3 is 11.9 Å². The van der Waals surface area contributed by atoms with E-state index in [4.69, 9.17) is 14.9 Å². The number of rotatable bonds is 28. The van der Waals surface area contributed by atoms with Crippen LogP contribution in [0.25, 0.3) is 0 Å². The van der Waals surface area contributed by atoms with Gasteiger partial charge in [0.05, 0.1) is 6.61 Å². The SMILES string of the molecule is CCCCCCCCOc1ccc(CCCCCCCCCC(=O)O)c(CCCCCCCCCC(=O)O)c1. The highest BCUT2D eigenvalue weighted by Crippen LogP contribution is 2.23. The second-order valence-corrected chi connectivity index (χ2v) is 11.3. The Morgan fingerprint density at radius 2 is 1.00 bits per heavy atom. The molecule has 5 heteroatoms. The normalized spacial score (nSPS) is 11.1. The first kappa shape index (κ1) is 35.0. The van der Waals surface area contributed by atoms with Crippen LogP contribution in [0.1, 0.15) is 159 Å². The van der Waals surface area contributed by atoms with E-state index in [0.717, 1.165) is 70.1 Å². The monoisotopic (exact) mass is 546 g/mol. The molecule has 0 atom stereocenters. The molecule has 0 amide bonds. The van der Waals surface area contributed by atoms with Crippen LogP contribution < -0.4 is 4.74 Å².